The molecule has 4 heterocycles. The molecular weight excluding hydrogens is 557 g/mol. The number of nitrogens with two attached hydrogens (primary N) is 1. The van der Waals surface area contributed by atoms with Crippen LogP contribution >= 0.6 is 23.2 Å². The number of amides is 1. The third-order valence-corrected chi connectivity index (χ3v) is 5.32. The van der Waals surface area contributed by atoms with Gasteiger partial charge in [0.1, 0.15) is 11.6 Å². The Morgan fingerprint density at radius 3 is 1.62 bits per heavy atom. The van der Waals surface area contributed by atoms with Gasteiger partial charge in [0.15, 0.2) is 21.7 Å². The lowest BCUT2D eigenvalue weighted by atomic mass is 10.2. The zero-order chi connectivity index (χ0) is 29.4. The molecule has 4 N–H and O–H groups in total. The van der Waals surface area contributed by atoms with Gasteiger partial charge in [0.05, 0.1) is 18.0 Å². The van der Waals surface area contributed by atoms with Crippen molar-refractivity contribution >= 4 is 58.1 Å². The molecule has 0 aliphatic rings. The lowest BCUT2D eigenvalue weighted by molar-refractivity contribution is 0.0519. The second-order valence-corrected chi connectivity index (χ2v) is 9.31. The van der Waals surface area contributed by atoms with E-state index in [1.165, 1.54) is 12.1 Å². The summed E-state index contributed by atoms with van der Waals surface area (Å²) < 4.78 is 4.95. The number of hydrogen-bond donors (Lipinski definition) is 3. The molecule has 0 spiro atoms. The smallest absolute Gasteiger partial charge is 0.361 e. The van der Waals surface area contributed by atoms with Crippen LogP contribution in [0.3, 0.4) is 0 Å². The zero-order valence-electron chi connectivity index (χ0n) is 22.4. The average Bonchev–Trinajstić information content (AvgIpc) is 2.83. The van der Waals surface area contributed by atoms with Crippen molar-refractivity contribution < 1.29 is 14.3 Å². The molecule has 0 atom stereocenters. The van der Waals surface area contributed by atoms with Crippen molar-refractivity contribution in [2.24, 2.45) is 5.73 Å². The van der Waals surface area contributed by atoms with Gasteiger partial charge in [0, 0.05) is 23.5 Å². The van der Waals surface area contributed by atoms with Crippen LogP contribution in [0.2, 0.25) is 10.3 Å². The molecule has 0 bridgehead atoms. The fraction of sp³-hybridized carbons (Fsp3) is 0.231. The quantitative estimate of drug-likeness (QED) is 0.248. The molecule has 4 aromatic heterocycles. The Hall–Kier alpha value is -4.42. The summed E-state index contributed by atoms with van der Waals surface area (Å²) in [6.45, 7) is 9.66. The number of nitrogens with zero attached hydrogens (tertiary/aromatic N) is 6. The summed E-state index contributed by atoms with van der Waals surface area (Å²) >= 11 is 11.6. The lowest BCUT2D eigenvalue weighted by Crippen LogP contribution is -2.16. The highest BCUT2D eigenvalue weighted by Crippen LogP contribution is 2.23. The van der Waals surface area contributed by atoms with E-state index in [4.69, 9.17) is 33.7 Å². The molecule has 1 amide bonds. The van der Waals surface area contributed by atoms with Gasteiger partial charge < -0.3 is 21.1 Å². The van der Waals surface area contributed by atoms with Gasteiger partial charge in [-0.05, 0) is 70.0 Å². The number of esters is 1. The van der Waals surface area contributed by atoms with Crippen LogP contribution in [0.1, 0.15) is 50.4 Å². The number of halogens is 2. The van der Waals surface area contributed by atoms with Gasteiger partial charge in [0.25, 0.3) is 5.91 Å². The van der Waals surface area contributed by atoms with E-state index in [9.17, 15) is 9.59 Å². The zero-order valence-corrected chi connectivity index (χ0v) is 23.9. The second-order valence-electron chi connectivity index (χ2n) is 8.54. The highest BCUT2D eigenvalue weighted by atomic mass is 35.5. The minimum atomic E-state index is -0.684. The van der Waals surface area contributed by atoms with Crippen LogP contribution in [-0.2, 0) is 4.74 Å². The van der Waals surface area contributed by atoms with Gasteiger partial charge in [-0.2, -0.15) is 0 Å². The summed E-state index contributed by atoms with van der Waals surface area (Å²) in [5.41, 5.74) is 9.93. The predicted molar refractivity (Wildman–Crippen MR) is 153 cm³/mol. The van der Waals surface area contributed by atoms with E-state index in [0.717, 1.165) is 22.5 Å². The Kier molecular flexibility index (Phi) is 10.2. The largest absolute Gasteiger partial charge is 0.461 e. The number of carbonyl (C=O) groups excluding carboxylic acids is 2. The van der Waals surface area contributed by atoms with Gasteiger partial charge >= 0.3 is 5.97 Å². The summed E-state index contributed by atoms with van der Waals surface area (Å²) in [6.07, 6.45) is 0. The maximum Gasteiger partial charge on any atom is 0.361 e. The molecule has 12 nitrogen and oxygen atoms in total. The van der Waals surface area contributed by atoms with Crippen molar-refractivity contribution in [2.75, 3.05) is 17.2 Å². The lowest BCUT2D eigenvalue weighted by Gasteiger charge is -2.10. The van der Waals surface area contributed by atoms with E-state index < -0.39 is 11.9 Å². The van der Waals surface area contributed by atoms with Crippen molar-refractivity contribution in [3.63, 3.8) is 0 Å². The molecule has 0 radical (unpaired) electrons. The first-order chi connectivity index (χ1) is 18.9. The van der Waals surface area contributed by atoms with Crippen LogP contribution in [0.5, 0.6) is 0 Å². The molecule has 0 aliphatic heterocycles. The van der Waals surface area contributed by atoms with Gasteiger partial charge in [-0.1, -0.05) is 23.2 Å². The summed E-state index contributed by atoms with van der Waals surface area (Å²) in [4.78, 5) is 31.8. The second kappa shape index (κ2) is 13.6. The Morgan fingerprint density at radius 1 is 0.750 bits per heavy atom. The third kappa shape index (κ3) is 8.55. The number of rotatable bonds is 7. The van der Waals surface area contributed by atoms with Crippen molar-refractivity contribution in [2.45, 2.75) is 34.6 Å². The Balaban J connectivity index is 0.000000222. The molecule has 0 aliphatic carbocycles. The normalized spacial score (nSPS) is 10.3. The van der Waals surface area contributed by atoms with Gasteiger partial charge in [-0.25, -0.2) is 14.8 Å². The summed E-state index contributed by atoms with van der Waals surface area (Å²) in [7, 11) is 0. The van der Waals surface area contributed by atoms with Crippen LogP contribution in [0.4, 0.5) is 23.0 Å². The van der Waals surface area contributed by atoms with Crippen molar-refractivity contribution in [3.8, 4) is 0 Å². The van der Waals surface area contributed by atoms with E-state index in [2.05, 4.69) is 41.0 Å². The number of hydrogen-bond acceptors (Lipinski definition) is 11. The Labute approximate surface area is 240 Å². The number of aryl methyl sites for hydroxylation is 4. The van der Waals surface area contributed by atoms with Crippen molar-refractivity contribution in [3.05, 3.63) is 80.6 Å². The molecular formula is C26H27Cl2N9O3. The summed E-state index contributed by atoms with van der Waals surface area (Å²) in [5, 5.41) is 21.1. The van der Waals surface area contributed by atoms with Crippen LogP contribution in [-0.4, -0.2) is 48.8 Å². The highest BCUT2D eigenvalue weighted by molar-refractivity contribution is 6.30. The standard InChI is InChI=1S/C14H15ClN4O2.C12H12ClN5O/c1-4-21-14(20)13-10(7-11(15)18-19-13)17-12-6-8(2)5-9(3)16-12;1-6-3-7(2)15-10(4-6)16-8-5-9(13)17-18-11(8)12(14)19/h5-7H,4H2,1-3H3,(H,16,17,18);3-5H,1-2H3,(H2,14,19)(H,15,16,17). The number of aromatic nitrogens is 6. The minimum Gasteiger partial charge on any atom is -0.461 e. The molecule has 0 saturated heterocycles. The van der Waals surface area contributed by atoms with Crippen LogP contribution in [0, 0.1) is 27.7 Å². The third-order valence-electron chi connectivity index (χ3n) is 4.95. The van der Waals surface area contributed by atoms with E-state index in [0.29, 0.717) is 23.0 Å². The SMILES string of the molecule is CCOC(=O)c1nnc(Cl)cc1Nc1cc(C)cc(C)n1.Cc1cc(C)nc(Nc2cc(Cl)nnc2C(N)=O)c1. The van der Waals surface area contributed by atoms with E-state index >= 15 is 0 Å². The number of anilines is 4. The fourth-order valence-corrected chi connectivity index (χ4v) is 3.84. The van der Waals surface area contributed by atoms with Crippen LogP contribution in [0.15, 0.2) is 36.4 Å². The average molecular weight is 584 g/mol. The number of nitrogens with one attached hydrogen (secondary N) is 2. The number of pyridine rings is 2. The molecule has 0 aromatic carbocycles. The Morgan fingerprint density at radius 2 is 1.20 bits per heavy atom. The fourth-order valence-electron chi connectivity index (χ4n) is 3.55. The first-order valence-corrected chi connectivity index (χ1v) is 12.7. The maximum atomic E-state index is 11.9. The van der Waals surface area contributed by atoms with Gasteiger partial charge in [-0.3, -0.25) is 4.79 Å². The monoisotopic (exact) mass is 583 g/mol. The first-order valence-electron chi connectivity index (χ1n) is 11.9. The minimum absolute atomic E-state index is 0.0189. The highest BCUT2D eigenvalue weighted by Gasteiger charge is 2.17. The molecule has 4 aromatic rings. The van der Waals surface area contributed by atoms with Crippen molar-refractivity contribution in [1.82, 2.24) is 30.4 Å². The molecule has 0 unspecified atom stereocenters. The molecule has 0 fully saturated rings. The predicted octanol–water partition coefficient (Wildman–Crippen LogP) is 5.05. The molecule has 208 valence electrons. The molecule has 0 saturated carbocycles. The van der Waals surface area contributed by atoms with Gasteiger partial charge in [-0.15, -0.1) is 20.4 Å². The van der Waals surface area contributed by atoms with E-state index in [1.54, 1.807) is 6.92 Å². The topological polar surface area (TPSA) is 171 Å². The van der Waals surface area contributed by atoms with Crippen molar-refractivity contribution in [1.29, 1.82) is 0 Å². The number of ether oxygens (including phenoxy) is 1. The molecule has 40 heavy (non-hydrogen) atoms. The maximum absolute atomic E-state index is 11.9. The van der Waals surface area contributed by atoms with Crippen LogP contribution < -0.4 is 16.4 Å². The summed E-state index contributed by atoms with van der Waals surface area (Å²) in [6, 6.07) is 10.6. The van der Waals surface area contributed by atoms with Gasteiger partial charge in [0.2, 0.25) is 0 Å². The first kappa shape index (κ1) is 30.1. The molecule has 14 heteroatoms. The van der Waals surface area contributed by atoms with Crippen LogP contribution in [0.25, 0.3) is 0 Å². The number of carbonyl (C=O) groups is 2. The van der Waals surface area contributed by atoms with E-state index in [-0.39, 0.29) is 28.3 Å². The molecule has 4 rings (SSSR count). The Bertz CT molecular complexity index is 1510. The van der Waals surface area contributed by atoms with E-state index in [1.807, 2.05) is 52.0 Å². The number of primary amides is 1. The summed E-state index contributed by atoms with van der Waals surface area (Å²) in [5.74, 6) is -0.0595.